The number of hydrogen-bond donors (Lipinski definition) is 0. The second-order valence-corrected chi connectivity index (χ2v) is 4.96. The van der Waals surface area contributed by atoms with E-state index in [2.05, 4.69) is 35.2 Å². The Morgan fingerprint density at radius 2 is 1.74 bits per heavy atom. The van der Waals surface area contributed by atoms with Crippen molar-refractivity contribution in [3.8, 4) is 5.75 Å². The number of benzene rings is 2. The minimum absolute atomic E-state index is 0.616. The molecule has 0 aliphatic carbocycles. The Morgan fingerprint density at radius 3 is 2.58 bits per heavy atom. The molecule has 0 fully saturated rings. The van der Waals surface area contributed by atoms with E-state index in [4.69, 9.17) is 16.3 Å². The number of halogens is 1. The van der Waals surface area contributed by atoms with E-state index in [9.17, 15) is 0 Å². The molecular formula is C16H16ClNO. The van der Waals surface area contributed by atoms with E-state index in [0.29, 0.717) is 12.5 Å². The fourth-order valence-electron chi connectivity index (χ4n) is 2.44. The van der Waals surface area contributed by atoms with Crippen molar-refractivity contribution >= 4 is 23.0 Å². The predicted molar refractivity (Wildman–Crippen MR) is 79.6 cm³/mol. The first-order chi connectivity index (χ1) is 9.40. The number of hydrogen-bond acceptors (Lipinski definition) is 2. The molecule has 0 aromatic heterocycles. The first-order valence-corrected chi connectivity index (χ1v) is 7.07. The summed E-state index contributed by atoms with van der Waals surface area (Å²) in [4.78, 5) is 2.31. The standard InChI is InChI=1S/C16H16ClNO/c17-10-5-11-18-14-7-2-1-6-13(14)12-19-16-9-4-3-8-15(16)18/h1-4,6-9H,5,10-12H2. The van der Waals surface area contributed by atoms with Crippen LogP contribution in [0.3, 0.4) is 0 Å². The van der Waals surface area contributed by atoms with Crippen LogP contribution in [0.15, 0.2) is 48.5 Å². The number of ether oxygens (including phenoxy) is 1. The van der Waals surface area contributed by atoms with Crippen LogP contribution >= 0.6 is 11.6 Å². The van der Waals surface area contributed by atoms with Gasteiger partial charge in [0, 0.05) is 23.7 Å². The van der Waals surface area contributed by atoms with Gasteiger partial charge in [0.1, 0.15) is 12.4 Å². The largest absolute Gasteiger partial charge is 0.487 e. The van der Waals surface area contributed by atoms with Gasteiger partial charge in [-0.1, -0.05) is 30.3 Å². The average molecular weight is 274 g/mol. The normalized spacial score (nSPS) is 13.2. The summed E-state index contributed by atoms with van der Waals surface area (Å²) < 4.78 is 5.91. The Hall–Kier alpha value is -1.67. The van der Waals surface area contributed by atoms with Crippen LogP contribution in [0.2, 0.25) is 0 Å². The van der Waals surface area contributed by atoms with Crippen molar-refractivity contribution in [3.05, 3.63) is 54.1 Å². The third kappa shape index (κ3) is 2.41. The molecule has 0 spiro atoms. The van der Waals surface area contributed by atoms with Gasteiger partial charge in [0.25, 0.3) is 0 Å². The van der Waals surface area contributed by atoms with Crippen molar-refractivity contribution < 1.29 is 4.74 Å². The summed E-state index contributed by atoms with van der Waals surface area (Å²) in [5.74, 6) is 1.61. The average Bonchev–Trinajstić information content (AvgIpc) is 2.62. The van der Waals surface area contributed by atoms with Crippen LogP contribution in [0.5, 0.6) is 5.75 Å². The van der Waals surface area contributed by atoms with Crippen molar-refractivity contribution in [2.24, 2.45) is 0 Å². The molecule has 2 nitrogen and oxygen atoms in total. The highest BCUT2D eigenvalue weighted by atomic mass is 35.5. The highest BCUT2D eigenvalue weighted by Crippen LogP contribution is 2.39. The van der Waals surface area contributed by atoms with Crippen molar-refractivity contribution in [2.75, 3.05) is 17.3 Å². The maximum absolute atomic E-state index is 5.91. The van der Waals surface area contributed by atoms with Crippen LogP contribution in [0, 0.1) is 0 Å². The molecule has 0 unspecified atom stereocenters. The lowest BCUT2D eigenvalue weighted by Gasteiger charge is -2.25. The fourth-order valence-corrected chi connectivity index (χ4v) is 2.56. The van der Waals surface area contributed by atoms with E-state index in [1.807, 2.05) is 18.2 Å². The third-order valence-corrected chi connectivity index (χ3v) is 3.60. The summed E-state index contributed by atoms with van der Waals surface area (Å²) in [5.41, 5.74) is 3.56. The van der Waals surface area contributed by atoms with Gasteiger partial charge in [-0.3, -0.25) is 0 Å². The lowest BCUT2D eigenvalue weighted by molar-refractivity contribution is 0.310. The summed E-state index contributed by atoms with van der Waals surface area (Å²) in [6, 6.07) is 16.6. The SMILES string of the molecule is ClCCCN1c2ccccc2COc2ccccc21. The number of rotatable bonds is 3. The molecule has 98 valence electrons. The van der Waals surface area contributed by atoms with Gasteiger partial charge in [-0.2, -0.15) is 0 Å². The second-order valence-electron chi connectivity index (χ2n) is 4.58. The minimum Gasteiger partial charge on any atom is -0.487 e. The zero-order chi connectivity index (χ0) is 13.1. The van der Waals surface area contributed by atoms with Gasteiger partial charge >= 0.3 is 0 Å². The van der Waals surface area contributed by atoms with Crippen molar-refractivity contribution in [3.63, 3.8) is 0 Å². The van der Waals surface area contributed by atoms with Crippen LogP contribution in [-0.4, -0.2) is 12.4 Å². The number of anilines is 2. The predicted octanol–water partition coefficient (Wildman–Crippen LogP) is 4.35. The van der Waals surface area contributed by atoms with Gasteiger partial charge < -0.3 is 9.64 Å². The van der Waals surface area contributed by atoms with E-state index in [-0.39, 0.29) is 0 Å². The number of nitrogens with zero attached hydrogens (tertiary/aromatic N) is 1. The zero-order valence-corrected chi connectivity index (χ0v) is 11.4. The Bertz CT molecular complexity index is 523. The minimum atomic E-state index is 0.616. The van der Waals surface area contributed by atoms with Gasteiger partial charge in [0.2, 0.25) is 0 Å². The Morgan fingerprint density at radius 1 is 1.00 bits per heavy atom. The van der Waals surface area contributed by atoms with Gasteiger partial charge in [-0.05, 0) is 24.6 Å². The van der Waals surface area contributed by atoms with E-state index >= 15 is 0 Å². The summed E-state index contributed by atoms with van der Waals surface area (Å²) in [5, 5.41) is 0. The highest BCUT2D eigenvalue weighted by Gasteiger charge is 2.20. The molecule has 1 heterocycles. The van der Waals surface area contributed by atoms with Crippen LogP contribution in [0.25, 0.3) is 0 Å². The topological polar surface area (TPSA) is 12.5 Å². The zero-order valence-electron chi connectivity index (χ0n) is 10.7. The van der Waals surface area contributed by atoms with E-state index < -0.39 is 0 Å². The summed E-state index contributed by atoms with van der Waals surface area (Å²) >= 11 is 5.86. The summed E-state index contributed by atoms with van der Waals surface area (Å²) in [6.45, 7) is 1.52. The molecule has 0 saturated heterocycles. The number of para-hydroxylation sites is 3. The Labute approximate surface area is 118 Å². The van der Waals surface area contributed by atoms with Gasteiger partial charge in [-0.25, -0.2) is 0 Å². The number of alkyl halides is 1. The first kappa shape index (κ1) is 12.4. The lowest BCUT2D eigenvalue weighted by Crippen LogP contribution is -2.19. The molecule has 1 aliphatic rings. The lowest BCUT2D eigenvalue weighted by atomic mass is 10.1. The smallest absolute Gasteiger partial charge is 0.143 e. The fraction of sp³-hybridized carbons (Fsp3) is 0.250. The van der Waals surface area contributed by atoms with Gasteiger partial charge in [0.15, 0.2) is 0 Å². The summed E-state index contributed by atoms with van der Waals surface area (Å²) in [7, 11) is 0. The molecule has 2 aromatic carbocycles. The monoisotopic (exact) mass is 273 g/mol. The quantitative estimate of drug-likeness (QED) is 0.771. The number of fused-ring (bicyclic) bond motifs is 2. The van der Waals surface area contributed by atoms with Crippen LogP contribution in [0.4, 0.5) is 11.4 Å². The maximum atomic E-state index is 5.91. The molecule has 0 bridgehead atoms. The van der Waals surface area contributed by atoms with E-state index in [0.717, 1.165) is 24.4 Å². The molecule has 0 saturated carbocycles. The second kappa shape index (κ2) is 5.54. The molecule has 19 heavy (non-hydrogen) atoms. The highest BCUT2D eigenvalue weighted by molar-refractivity contribution is 6.17. The molecule has 3 heteroatoms. The van der Waals surface area contributed by atoms with Crippen LogP contribution in [-0.2, 0) is 6.61 Å². The molecule has 0 radical (unpaired) electrons. The van der Waals surface area contributed by atoms with Crippen molar-refractivity contribution in [2.45, 2.75) is 13.0 Å². The maximum Gasteiger partial charge on any atom is 0.143 e. The first-order valence-electron chi connectivity index (χ1n) is 6.53. The molecule has 0 amide bonds. The Balaban J connectivity index is 2.08. The molecular weight excluding hydrogens is 258 g/mol. The third-order valence-electron chi connectivity index (χ3n) is 3.34. The van der Waals surface area contributed by atoms with Crippen molar-refractivity contribution in [1.29, 1.82) is 0 Å². The molecule has 0 atom stereocenters. The summed E-state index contributed by atoms with van der Waals surface area (Å²) in [6.07, 6.45) is 0.949. The van der Waals surface area contributed by atoms with E-state index in [1.54, 1.807) is 0 Å². The van der Waals surface area contributed by atoms with Crippen LogP contribution < -0.4 is 9.64 Å². The van der Waals surface area contributed by atoms with Gasteiger partial charge in [0.05, 0.1) is 5.69 Å². The Kier molecular flexibility index (Phi) is 3.60. The molecule has 3 rings (SSSR count). The molecule has 2 aromatic rings. The van der Waals surface area contributed by atoms with Crippen molar-refractivity contribution in [1.82, 2.24) is 0 Å². The van der Waals surface area contributed by atoms with Crippen LogP contribution in [0.1, 0.15) is 12.0 Å². The van der Waals surface area contributed by atoms with Gasteiger partial charge in [-0.15, -0.1) is 11.6 Å². The molecule has 1 aliphatic heterocycles. The van der Waals surface area contributed by atoms with E-state index in [1.165, 1.54) is 11.3 Å². The molecule has 0 N–H and O–H groups in total.